The molecule has 13 heavy (non-hydrogen) atoms. The maximum absolute atomic E-state index is 8.61. The molecular formula is C10H8N2O. The van der Waals surface area contributed by atoms with Crippen LogP contribution in [0.2, 0.25) is 0 Å². The van der Waals surface area contributed by atoms with Crippen molar-refractivity contribution in [3.8, 4) is 17.9 Å². The molecule has 0 N–H and O–H groups in total. The van der Waals surface area contributed by atoms with Gasteiger partial charge < -0.3 is 4.74 Å². The highest BCUT2D eigenvalue weighted by Crippen LogP contribution is 2.18. The Morgan fingerprint density at radius 3 is 2.77 bits per heavy atom. The Morgan fingerprint density at radius 1 is 1.38 bits per heavy atom. The summed E-state index contributed by atoms with van der Waals surface area (Å²) in [4.78, 5) is 0. The molecule has 0 saturated carbocycles. The van der Waals surface area contributed by atoms with Crippen molar-refractivity contribution < 1.29 is 4.74 Å². The van der Waals surface area contributed by atoms with Crippen LogP contribution in [-0.4, -0.2) is 6.61 Å². The summed E-state index contributed by atoms with van der Waals surface area (Å²) >= 11 is 0. The zero-order valence-electron chi connectivity index (χ0n) is 7.24. The monoisotopic (exact) mass is 172 g/mol. The molecule has 0 heterocycles. The molecule has 3 nitrogen and oxygen atoms in total. The highest BCUT2D eigenvalue weighted by atomic mass is 16.5. The van der Waals surface area contributed by atoms with Gasteiger partial charge in [-0.1, -0.05) is 6.07 Å². The molecule has 0 spiro atoms. The minimum absolute atomic E-state index is 0.00964. The average molecular weight is 172 g/mol. The van der Waals surface area contributed by atoms with E-state index in [0.29, 0.717) is 11.3 Å². The van der Waals surface area contributed by atoms with Crippen molar-refractivity contribution in [3.63, 3.8) is 0 Å². The molecule has 0 saturated heterocycles. The first-order chi connectivity index (χ1) is 6.27. The lowest BCUT2D eigenvalue weighted by Crippen LogP contribution is -1.95. The lowest BCUT2D eigenvalue weighted by atomic mass is 10.1. The van der Waals surface area contributed by atoms with E-state index in [1.165, 1.54) is 0 Å². The van der Waals surface area contributed by atoms with Gasteiger partial charge in [-0.05, 0) is 24.6 Å². The van der Waals surface area contributed by atoms with Crippen LogP contribution in [0.15, 0.2) is 18.2 Å². The summed E-state index contributed by atoms with van der Waals surface area (Å²) in [5.74, 6) is 0.598. The van der Waals surface area contributed by atoms with Crippen LogP contribution in [0.5, 0.6) is 5.75 Å². The van der Waals surface area contributed by atoms with Gasteiger partial charge in [0.15, 0.2) is 6.61 Å². The van der Waals surface area contributed by atoms with Gasteiger partial charge in [0, 0.05) is 0 Å². The zero-order valence-corrected chi connectivity index (χ0v) is 7.24. The molecule has 0 radical (unpaired) electrons. The van der Waals surface area contributed by atoms with E-state index in [2.05, 4.69) is 0 Å². The Balaban J connectivity index is 2.93. The topological polar surface area (TPSA) is 56.8 Å². The molecule has 0 amide bonds. The van der Waals surface area contributed by atoms with Crippen LogP contribution >= 0.6 is 0 Å². The molecule has 0 aliphatic carbocycles. The molecule has 0 aromatic heterocycles. The number of benzene rings is 1. The first kappa shape index (κ1) is 9.09. The maximum atomic E-state index is 8.61. The summed E-state index contributed by atoms with van der Waals surface area (Å²) in [6.45, 7) is 1.88. The van der Waals surface area contributed by atoms with Gasteiger partial charge in [0.05, 0.1) is 11.6 Å². The molecule has 0 unspecified atom stereocenters. The van der Waals surface area contributed by atoms with E-state index in [0.717, 1.165) is 5.56 Å². The number of aryl methyl sites for hydroxylation is 1. The molecule has 1 rings (SSSR count). The van der Waals surface area contributed by atoms with Crippen LogP contribution in [0.1, 0.15) is 11.1 Å². The Hall–Kier alpha value is -2.00. The number of rotatable bonds is 2. The van der Waals surface area contributed by atoms with E-state index >= 15 is 0 Å². The molecule has 0 atom stereocenters. The number of nitriles is 2. The van der Waals surface area contributed by atoms with E-state index in [9.17, 15) is 0 Å². The fourth-order valence-electron chi connectivity index (χ4n) is 0.935. The van der Waals surface area contributed by atoms with Crippen LogP contribution < -0.4 is 4.74 Å². The van der Waals surface area contributed by atoms with Crippen molar-refractivity contribution in [2.45, 2.75) is 6.92 Å². The number of nitrogens with zero attached hydrogens (tertiary/aromatic N) is 2. The first-order valence-electron chi connectivity index (χ1n) is 3.78. The van der Waals surface area contributed by atoms with Crippen LogP contribution in [0.4, 0.5) is 0 Å². The van der Waals surface area contributed by atoms with Gasteiger partial charge in [0.1, 0.15) is 11.8 Å². The van der Waals surface area contributed by atoms with Crippen molar-refractivity contribution in [2.24, 2.45) is 0 Å². The van der Waals surface area contributed by atoms with Gasteiger partial charge in [-0.25, -0.2) is 0 Å². The van der Waals surface area contributed by atoms with Gasteiger partial charge in [-0.15, -0.1) is 0 Å². The maximum Gasteiger partial charge on any atom is 0.174 e. The molecule has 3 heteroatoms. The smallest absolute Gasteiger partial charge is 0.174 e. The number of hydrogen-bond acceptors (Lipinski definition) is 3. The normalized spacial score (nSPS) is 8.54. The van der Waals surface area contributed by atoms with Gasteiger partial charge in [0.2, 0.25) is 0 Å². The van der Waals surface area contributed by atoms with E-state index in [-0.39, 0.29) is 6.61 Å². The summed E-state index contributed by atoms with van der Waals surface area (Å²) in [6, 6.07) is 9.03. The third-order valence-electron chi connectivity index (χ3n) is 1.61. The molecule has 1 aromatic rings. The highest BCUT2D eigenvalue weighted by molar-refractivity contribution is 5.41. The Labute approximate surface area is 76.8 Å². The van der Waals surface area contributed by atoms with Gasteiger partial charge >= 0.3 is 0 Å². The second-order valence-electron chi connectivity index (χ2n) is 2.54. The average Bonchev–Trinajstić information content (AvgIpc) is 2.17. The molecule has 64 valence electrons. The Kier molecular flexibility index (Phi) is 2.89. The Morgan fingerprint density at radius 2 is 2.15 bits per heavy atom. The highest BCUT2D eigenvalue weighted by Gasteiger charge is 2.00. The third-order valence-corrected chi connectivity index (χ3v) is 1.61. The van der Waals surface area contributed by atoms with Crippen LogP contribution in [-0.2, 0) is 0 Å². The first-order valence-corrected chi connectivity index (χ1v) is 3.78. The van der Waals surface area contributed by atoms with Crippen molar-refractivity contribution in [1.82, 2.24) is 0 Å². The summed E-state index contributed by atoms with van der Waals surface area (Å²) in [7, 11) is 0. The second-order valence-corrected chi connectivity index (χ2v) is 2.54. The second kappa shape index (κ2) is 4.13. The van der Waals surface area contributed by atoms with Gasteiger partial charge in [0.25, 0.3) is 0 Å². The molecular weight excluding hydrogens is 164 g/mol. The predicted octanol–water partition coefficient (Wildman–Crippen LogP) is 1.77. The van der Waals surface area contributed by atoms with Crippen LogP contribution in [0.3, 0.4) is 0 Å². The van der Waals surface area contributed by atoms with Crippen molar-refractivity contribution >= 4 is 0 Å². The fraction of sp³-hybridized carbons (Fsp3) is 0.200. The van der Waals surface area contributed by atoms with E-state index in [4.69, 9.17) is 15.3 Å². The predicted molar refractivity (Wildman–Crippen MR) is 47.0 cm³/mol. The number of hydrogen-bond donors (Lipinski definition) is 0. The van der Waals surface area contributed by atoms with Crippen LogP contribution in [0, 0.1) is 29.6 Å². The summed E-state index contributed by atoms with van der Waals surface area (Å²) in [5.41, 5.74) is 1.47. The summed E-state index contributed by atoms with van der Waals surface area (Å²) in [6.07, 6.45) is 0. The lowest BCUT2D eigenvalue weighted by Gasteiger charge is -2.04. The van der Waals surface area contributed by atoms with E-state index in [1.54, 1.807) is 18.2 Å². The van der Waals surface area contributed by atoms with Gasteiger partial charge in [-0.2, -0.15) is 10.5 Å². The summed E-state index contributed by atoms with van der Waals surface area (Å²) < 4.78 is 5.12. The number of ether oxygens (including phenoxy) is 1. The quantitative estimate of drug-likeness (QED) is 0.683. The third kappa shape index (κ3) is 2.21. The minimum Gasteiger partial charge on any atom is -0.478 e. The van der Waals surface area contributed by atoms with Gasteiger partial charge in [-0.3, -0.25) is 0 Å². The van der Waals surface area contributed by atoms with E-state index < -0.39 is 0 Å². The SMILES string of the molecule is Cc1ccc(C#N)cc1OCC#N. The largest absolute Gasteiger partial charge is 0.478 e. The zero-order chi connectivity index (χ0) is 9.68. The molecule has 1 aromatic carbocycles. The Bertz CT molecular complexity index is 385. The van der Waals surface area contributed by atoms with Crippen molar-refractivity contribution in [3.05, 3.63) is 29.3 Å². The molecule has 0 bridgehead atoms. The summed E-state index contributed by atoms with van der Waals surface area (Å²) in [5, 5.41) is 16.9. The lowest BCUT2D eigenvalue weighted by molar-refractivity contribution is 0.365. The molecule has 0 aliphatic heterocycles. The molecule has 0 aliphatic rings. The van der Waals surface area contributed by atoms with E-state index in [1.807, 2.05) is 19.1 Å². The van der Waals surface area contributed by atoms with Crippen LogP contribution in [0.25, 0.3) is 0 Å². The van der Waals surface area contributed by atoms with Crippen molar-refractivity contribution in [2.75, 3.05) is 6.61 Å². The minimum atomic E-state index is 0.00964. The molecule has 0 fully saturated rings. The van der Waals surface area contributed by atoms with Crippen molar-refractivity contribution in [1.29, 1.82) is 10.5 Å². The fourth-order valence-corrected chi connectivity index (χ4v) is 0.935. The standard InChI is InChI=1S/C10H8N2O/c1-8-2-3-9(7-12)6-10(8)13-5-4-11/h2-3,6H,5H2,1H3.